The number of hydrogen-bond donors (Lipinski definition) is 3. The van der Waals surface area contributed by atoms with Crippen LogP contribution in [0.1, 0.15) is 133 Å². The second-order valence-electron chi connectivity index (χ2n) is 15.5. The Bertz CT molecular complexity index is 1310. The molecule has 3 amide bonds. The summed E-state index contributed by atoms with van der Waals surface area (Å²) in [6, 6.07) is 7.51. The van der Waals surface area contributed by atoms with Gasteiger partial charge in [0.1, 0.15) is 28.4 Å². The fourth-order valence-electron chi connectivity index (χ4n) is 4.50. The first-order chi connectivity index (χ1) is 23.6. The Balaban J connectivity index is 2.53. The minimum Gasteiger partial charge on any atom is -0.494 e. The second kappa shape index (κ2) is 21.9. The quantitative estimate of drug-likeness (QED) is 0.0657. The number of nitrogens with zero attached hydrogens (tertiary/aromatic N) is 3. The van der Waals surface area contributed by atoms with E-state index in [9.17, 15) is 14.4 Å². The molecule has 0 aliphatic rings. The van der Waals surface area contributed by atoms with Crippen LogP contribution in [-0.4, -0.2) is 84.2 Å². The molecule has 288 valence electrons. The van der Waals surface area contributed by atoms with Gasteiger partial charge in [-0.2, -0.15) is 4.99 Å². The minimum atomic E-state index is -0.809. The number of carbonyl (C=O) groups excluding carboxylic acids is 3. The fourth-order valence-corrected chi connectivity index (χ4v) is 4.50. The van der Waals surface area contributed by atoms with Gasteiger partial charge in [-0.15, -0.1) is 4.99 Å². The van der Waals surface area contributed by atoms with Gasteiger partial charge in [-0.1, -0.05) is 25.7 Å². The Labute approximate surface area is 305 Å². The fraction of sp³-hybridized carbons (Fsp3) is 0.684. The molecule has 0 aliphatic heterocycles. The van der Waals surface area contributed by atoms with E-state index in [-0.39, 0.29) is 5.96 Å². The third kappa shape index (κ3) is 23.8. The minimum absolute atomic E-state index is 0.0116. The highest BCUT2D eigenvalue weighted by Gasteiger charge is 2.21. The zero-order chi connectivity index (χ0) is 38.7. The SMILES string of the molecule is CC(=N)c1ccc(OCCCC/C(=N/C(=O)OC(C)(C)C)N(C)CCCCCCCCN/C(=N\C(=O)OC(C)(C)C)NC(=O)OC(C)(C)C)cc1. The van der Waals surface area contributed by atoms with Crippen molar-refractivity contribution < 1.29 is 33.3 Å². The van der Waals surface area contributed by atoms with E-state index in [0.717, 1.165) is 69.2 Å². The molecule has 0 fully saturated rings. The first-order valence-electron chi connectivity index (χ1n) is 18.0. The van der Waals surface area contributed by atoms with Crippen LogP contribution in [0.3, 0.4) is 0 Å². The van der Waals surface area contributed by atoms with E-state index in [4.69, 9.17) is 24.4 Å². The van der Waals surface area contributed by atoms with Crippen molar-refractivity contribution >= 4 is 35.8 Å². The molecule has 0 radical (unpaired) electrons. The first kappa shape index (κ1) is 44.9. The summed E-state index contributed by atoms with van der Waals surface area (Å²) in [6.45, 7) is 19.5. The number of hydrogen-bond acceptors (Lipinski definition) is 8. The summed E-state index contributed by atoms with van der Waals surface area (Å²) in [4.78, 5) is 47.3. The molecule has 0 aliphatic carbocycles. The average molecular weight is 717 g/mol. The topological polar surface area (TPSA) is 164 Å². The number of rotatable bonds is 16. The van der Waals surface area contributed by atoms with Gasteiger partial charge >= 0.3 is 18.3 Å². The molecule has 1 aromatic carbocycles. The average Bonchev–Trinajstić information content (AvgIpc) is 2.96. The number of unbranched alkanes of at least 4 members (excludes halogenated alkanes) is 6. The molecule has 1 aromatic rings. The summed E-state index contributed by atoms with van der Waals surface area (Å²) in [6.07, 6.45) is 5.91. The molecular formula is C38H64N6O7. The van der Waals surface area contributed by atoms with Crippen LogP contribution in [0.15, 0.2) is 34.3 Å². The summed E-state index contributed by atoms with van der Waals surface area (Å²) in [5.74, 6) is 1.45. The van der Waals surface area contributed by atoms with Gasteiger partial charge in [0.2, 0.25) is 5.96 Å². The number of guanidine groups is 1. The highest BCUT2D eigenvalue weighted by molar-refractivity contribution is 5.99. The number of benzene rings is 1. The van der Waals surface area contributed by atoms with Crippen molar-refractivity contribution in [3.05, 3.63) is 29.8 Å². The number of amides is 3. The van der Waals surface area contributed by atoms with Crippen molar-refractivity contribution in [3.8, 4) is 5.75 Å². The van der Waals surface area contributed by atoms with Crippen LogP contribution in [0.5, 0.6) is 5.75 Å². The molecule has 13 nitrogen and oxygen atoms in total. The molecule has 1 rings (SSSR count). The molecule has 0 saturated carbocycles. The first-order valence-corrected chi connectivity index (χ1v) is 18.0. The molecule has 13 heteroatoms. The number of alkyl carbamates (subject to hydrolysis) is 1. The zero-order valence-corrected chi connectivity index (χ0v) is 33.0. The highest BCUT2D eigenvalue weighted by atomic mass is 16.6. The lowest BCUT2D eigenvalue weighted by Gasteiger charge is -2.23. The standard InChI is InChI=1S/C38H64N6O7/c1-28(39)29-21-23-30(24-22-29)48-27-19-16-20-31(41-33(45)49-36(2,3)4)44(11)26-18-15-13-12-14-17-25-40-32(42-34(46)50-37(5,6)7)43-35(47)51-38(8,9)10/h21-24,39H,12-20,25-27H2,1-11H3,(H2,40,42,43,46,47)/b39-28?,41-31-. The molecular weight excluding hydrogens is 652 g/mol. The number of carbonyl (C=O) groups is 3. The number of aliphatic imine (C=N–C) groups is 2. The molecule has 0 atom stereocenters. The summed E-state index contributed by atoms with van der Waals surface area (Å²) < 4.78 is 21.9. The van der Waals surface area contributed by atoms with Crippen LogP contribution in [0.25, 0.3) is 0 Å². The lowest BCUT2D eigenvalue weighted by molar-refractivity contribution is 0.0556. The van der Waals surface area contributed by atoms with E-state index in [2.05, 4.69) is 20.6 Å². The van der Waals surface area contributed by atoms with Crippen LogP contribution >= 0.6 is 0 Å². The van der Waals surface area contributed by atoms with Gasteiger partial charge in [0, 0.05) is 32.3 Å². The van der Waals surface area contributed by atoms with E-state index >= 15 is 0 Å². The molecule has 3 N–H and O–H groups in total. The summed E-state index contributed by atoms with van der Waals surface area (Å²) in [7, 11) is 1.96. The smallest absolute Gasteiger partial charge is 0.437 e. The lowest BCUT2D eigenvalue weighted by Crippen LogP contribution is -2.44. The molecule has 0 saturated heterocycles. The van der Waals surface area contributed by atoms with Crippen LogP contribution in [0.2, 0.25) is 0 Å². The van der Waals surface area contributed by atoms with Crippen LogP contribution in [0, 0.1) is 5.41 Å². The van der Waals surface area contributed by atoms with E-state index in [1.165, 1.54) is 0 Å². The van der Waals surface area contributed by atoms with Gasteiger partial charge in [0.25, 0.3) is 0 Å². The van der Waals surface area contributed by atoms with E-state index in [1.807, 2.05) is 57.0 Å². The van der Waals surface area contributed by atoms with Gasteiger partial charge in [-0.25, -0.2) is 14.4 Å². The number of amidine groups is 1. The van der Waals surface area contributed by atoms with Crippen LogP contribution in [-0.2, 0) is 14.2 Å². The van der Waals surface area contributed by atoms with Gasteiger partial charge in [-0.05, 0) is 125 Å². The van der Waals surface area contributed by atoms with Gasteiger partial charge in [-0.3, -0.25) is 5.32 Å². The van der Waals surface area contributed by atoms with Crippen LogP contribution in [0.4, 0.5) is 14.4 Å². The van der Waals surface area contributed by atoms with Crippen molar-refractivity contribution in [1.29, 1.82) is 5.41 Å². The van der Waals surface area contributed by atoms with Crippen molar-refractivity contribution in [1.82, 2.24) is 15.5 Å². The van der Waals surface area contributed by atoms with E-state index in [0.29, 0.717) is 31.1 Å². The molecule has 51 heavy (non-hydrogen) atoms. The highest BCUT2D eigenvalue weighted by Crippen LogP contribution is 2.15. The summed E-state index contributed by atoms with van der Waals surface area (Å²) in [5.41, 5.74) is -0.657. The lowest BCUT2D eigenvalue weighted by atomic mass is 10.1. The Kier molecular flexibility index (Phi) is 19.3. The maximum absolute atomic E-state index is 12.5. The monoisotopic (exact) mass is 716 g/mol. The number of nitrogens with one attached hydrogen (secondary N) is 3. The van der Waals surface area contributed by atoms with Crippen molar-refractivity contribution in [3.63, 3.8) is 0 Å². The predicted molar refractivity (Wildman–Crippen MR) is 203 cm³/mol. The maximum atomic E-state index is 12.5. The summed E-state index contributed by atoms with van der Waals surface area (Å²) >= 11 is 0. The number of ether oxygens (including phenoxy) is 4. The Morgan fingerprint density at radius 1 is 0.725 bits per heavy atom. The Morgan fingerprint density at radius 2 is 1.25 bits per heavy atom. The van der Waals surface area contributed by atoms with E-state index < -0.39 is 35.1 Å². The molecule has 0 heterocycles. The van der Waals surface area contributed by atoms with Crippen molar-refractivity contribution in [2.24, 2.45) is 9.98 Å². The second-order valence-corrected chi connectivity index (χ2v) is 15.5. The summed E-state index contributed by atoms with van der Waals surface area (Å²) in [5, 5.41) is 13.2. The third-order valence-electron chi connectivity index (χ3n) is 6.83. The molecule has 0 bridgehead atoms. The van der Waals surface area contributed by atoms with Gasteiger partial charge in [0.15, 0.2) is 0 Å². The molecule has 0 unspecified atom stereocenters. The van der Waals surface area contributed by atoms with Gasteiger partial charge < -0.3 is 34.6 Å². The Morgan fingerprint density at radius 3 is 1.80 bits per heavy atom. The van der Waals surface area contributed by atoms with Crippen molar-refractivity contribution in [2.45, 2.75) is 144 Å². The van der Waals surface area contributed by atoms with Crippen molar-refractivity contribution in [2.75, 3.05) is 26.7 Å². The predicted octanol–water partition coefficient (Wildman–Crippen LogP) is 8.63. The van der Waals surface area contributed by atoms with Gasteiger partial charge in [0.05, 0.1) is 6.61 Å². The van der Waals surface area contributed by atoms with E-state index in [1.54, 1.807) is 48.5 Å². The normalized spacial score (nSPS) is 12.5. The maximum Gasteiger partial charge on any atom is 0.437 e. The molecule has 0 spiro atoms. The van der Waals surface area contributed by atoms with Crippen LogP contribution < -0.4 is 15.4 Å². The zero-order valence-electron chi connectivity index (χ0n) is 33.0. The third-order valence-corrected chi connectivity index (χ3v) is 6.83. The Hall–Kier alpha value is -4.16. The molecule has 0 aromatic heterocycles. The largest absolute Gasteiger partial charge is 0.494 e.